The molecule has 1 aliphatic rings. The van der Waals surface area contributed by atoms with Crippen LogP contribution >= 0.6 is 0 Å². The summed E-state index contributed by atoms with van der Waals surface area (Å²) in [5.74, 6) is 0.0356. The van der Waals surface area contributed by atoms with E-state index in [0.29, 0.717) is 5.92 Å². The summed E-state index contributed by atoms with van der Waals surface area (Å²) in [4.78, 5) is 0. The number of rotatable bonds is 3. The highest BCUT2D eigenvalue weighted by Gasteiger charge is 2.25. The van der Waals surface area contributed by atoms with E-state index in [9.17, 15) is 9.50 Å². The van der Waals surface area contributed by atoms with Crippen LogP contribution in [0.3, 0.4) is 0 Å². The van der Waals surface area contributed by atoms with Crippen LogP contribution in [0.5, 0.6) is 0 Å². The van der Waals surface area contributed by atoms with Crippen LogP contribution in [-0.4, -0.2) is 15.3 Å². The van der Waals surface area contributed by atoms with Crippen molar-refractivity contribution in [3.8, 4) is 11.3 Å². The average molecular weight is 288 g/mol. The van der Waals surface area contributed by atoms with Gasteiger partial charge >= 0.3 is 0 Å². The quantitative estimate of drug-likeness (QED) is 0.831. The molecule has 112 valence electrons. The number of aromatic nitrogens is 2. The number of nitrogens with zero attached hydrogens (tertiary/aromatic N) is 1. The number of aliphatic hydroxyl groups excluding tert-OH is 1. The van der Waals surface area contributed by atoms with Gasteiger partial charge in [-0.3, -0.25) is 5.10 Å². The third-order valence-corrected chi connectivity index (χ3v) is 4.47. The van der Waals surface area contributed by atoms with Gasteiger partial charge in [-0.15, -0.1) is 0 Å². The van der Waals surface area contributed by atoms with Crippen molar-refractivity contribution >= 4 is 0 Å². The van der Waals surface area contributed by atoms with E-state index in [4.69, 9.17) is 0 Å². The van der Waals surface area contributed by atoms with Crippen molar-refractivity contribution in [3.63, 3.8) is 0 Å². The predicted molar refractivity (Wildman–Crippen MR) is 80.1 cm³/mol. The zero-order valence-corrected chi connectivity index (χ0v) is 12.1. The van der Waals surface area contributed by atoms with Crippen molar-refractivity contribution in [1.29, 1.82) is 0 Å². The first kappa shape index (κ1) is 14.3. The van der Waals surface area contributed by atoms with Gasteiger partial charge in [-0.1, -0.05) is 25.7 Å². The summed E-state index contributed by atoms with van der Waals surface area (Å²) in [6.45, 7) is 0. The molecule has 1 atom stereocenters. The molecule has 0 aliphatic heterocycles. The Labute approximate surface area is 124 Å². The summed E-state index contributed by atoms with van der Waals surface area (Å²) in [6.07, 6.45) is 8.23. The van der Waals surface area contributed by atoms with Gasteiger partial charge in [0, 0.05) is 11.1 Å². The molecule has 1 aromatic heterocycles. The molecule has 21 heavy (non-hydrogen) atoms. The van der Waals surface area contributed by atoms with E-state index in [2.05, 4.69) is 10.2 Å². The van der Waals surface area contributed by atoms with E-state index in [1.807, 2.05) is 0 Å². The molecule has 1 aromatic carbocycles. The lowest BCUT2D eigenvalue weighted by Gasteiger charge is -2.21. The monoisotopic (exact) mass is 288 g/mol. The van der Waals surface area contributed by atoms with Crippen LogP contribution in [0.2, 0.25) is 0 Å². The van der Waals surface area contributed by atoms with Crippen molar-refractivity contribution in [2.45, 2.75) is 44.6 Å². The summed E-state index contributed by atoms with van der Waals surface area (Å²) in [5, 5.41) is 17.7. The molecule has 0 saturated heterocycles. The van der Waals surface area contributed by atoms with Gasteiger partial charge in [0.2, 0.25) is 0 Å². The Balaban J connectivity index is 1.85. The van der Waals surface area contributed by atoms with Crippen LogP contribution in [-0.2, 0) is 0 Å². The number of hydrogen-bond acceptors (Lipinski definition) is 2. The maximum absolute atomic E-state index is 13.0. The summed E-state index contributed by atoms with van der Waals surface area (Å²) in [5.41, 5.74) is 2.48. The molecule has 1 unspecified atom stereocenters. The maximum atomic E-state index is 13.0. The molecule has 1 aliphatic carbocycles. The topological polar surface area (TPSA) is 48.9 Å². The number of halogens is 1. The van der Waals surface area contributed by atoms with Gasteiger partial charge < -0.3 is 5.11 Å². The molecule has 1 fully saturated rings. The van der Waals surface area contributed by atoms with E-state index in [0.717, 1.165) is 29.7 Å². The number of benzene rings is 1. The van der Waals surface area contributed by atoms with Crippen LogP contribution in [0.1, 0.15) is 50.2 Å². The summed E-state index contributed by atoms with van der Waals surface area (Å²) in [6, 6.07) is 6.29. The van der Waals surface area contributed by atoms with Gasteiger partial charge in [-0.25, -0.2) is 4.39 Å². The average Bonchev–Trinajstić information content (AvgIpc) is 2.82. The van der Waals surface area contributed by atoms with E-state index in [1.54, 1.807) is 18.3 Å². The predicted octanol–water partition coefficient (Wildman–Crippen LogP) is 4.22. The van der Waals surface area contributed by atoms with Gasteiger partial charge in [0.25, 0.3) is 0 Å². The third-order valence-electron chi connectivity index (χ3n) is 4.47. The number of aromatic amines is 1. The fraction of sp³-hybridized carbons (Fsp3) is 0.471. The molecule has 1 saturated carbocycles. The van der Waals surface area contributed by atoms with Gasteiger partial charge in [-0.05, 0) is 43.0 Å². The van der Waals surface area contributed by atoms with Crippen molar-refractivity contribution in [2.75, 3.05) is 0 Å². The van der Waals surface area contributed by atoms with Crippen molar-refractivity contribution in [1.82, 2.24) is 10.2 Å². The standard InChI is InChI=1S/C17H21FN2O/c18-14-9-7-12(8-10-14)16-15(11-19-20-16)17(21)13-5-3-1-2-4-6-13/h7-11,13,17,21H,1-6H2,(H,19,20). The van der Waals surface area contributed by atoms with Crippen molar-refractivity contribution in [3.05, 3.63) is 41.8 Å². The highest BCUT2D eigenvalue weighted by molar-refractivity contribution is 5.63. The molecule has 2 N–H and O–H groups in total. The lowest BCUT2D eigenvalue weighted by atomic mass is 9.88. The highest BCUT2D eigenvalue weighted by atomic mass is 19.1. The molecule has 0 bridgehead atoms. The van der Waals surface area contributed by atoms with Gasteiger partial charge in [0.05, 0.1) is 18.0 Å². The minimum Gasteiger partial charge on any atom is -0.388 e. The van der Waals surface area contributed by atoms with Crippen LogP contribution in [0, 0.1) is 11.7 Å². The SMILES string of the molecule is OC(c1cn[nH]c1-c1ccc(F)cc1)C1CCCCCC1. The fourth-order valence-electron chi connectivity index (χ4n) is 3.25. The molecule has 3 rings (SSSR count). The molecule has 0 spiro atoms. The van der Waals surface area contributed by atoms with Gasteiger partial charge in [0.15, 0.2) is 0 Å². The Morgan fingerprint density at radius 2 is 1.76 bits per heavy atom. The normalized spacial score (nSPS) is 18.4. The minimum absolute atomic E-state index is 0.260. The smallest absolute Gasteiger partial charge is 0.123 e. The molecule has 1 heterocycles. The Morgan fingerprint density at radius 3 is 2.43 bits per heavy atom. The lowest BCUT2D eigenvalue weighted by Crippen LogP contribution is -2.12. The second kappa shape index (κ2) is 6.39. The van der Waals surface area contributed by atoms with E-state index >= 15 is 0 Å². The number of aliphatic hydroxyl groups is 1. The van der Waals surface area contributed by atoms with Crippen LogP contribution in [0.4, 0.5) is 4.39 Å². The Hall–Kier alpha value is -1.68. The zero-order valence-electron chi connectivity index (χ0n) is 12.1. The van der Waals surface area contributed by atoms with E-state index in [1.165, 1.54) is 37.8 Å². The lowest BCUT2D eigenvalue weighted by molar-refractivity contribution is 0.0993. The van der Waals surface area contributed by atoms with Crippen LogP contribution < -0.4 is 0 Å². The van der Waals surface area contributed by atoms with Crippen molar-refractivity contribution in [2.24, 2.45) is 5.92 Å². The molecular weight excluding hydrogens is 267 g/mol. The minimum atomic E-state index is -0.498. The summed E-state index contributed by atoms with van der Waals surface area (Å²) < 4.78 is 13.0. The first-order valence-corrected chi connectivity index (χ1v) is 7.73. The van der Waals surface area contributed by atoms with Crippen LogP contribution in [0.25, 0.3) is 11.3 Å². The van der Waals surface area contributed by atoms with Gasteiger partial charge in [-0.2, -0.15) is 5.10 Å². The summed E-state index contributed by atoms with van der Waals surface area (Å²) in [7, 11) is 0. The molecule has 0 radical (unpaired) electrons. The second-order valence-electron chi connectivity index (χ2n) is 5.90. The Kier molecular flexibility index (Phi) is 4.34. The van der Waals surface area contributed by atoms with E-state index < -0.39 is 6.10 Å². The third kappa shape index (κ3) is 3.16. The summed E-state index contributed by atoms with van der Waals surface area (Å²) >= 11 is 0. The van der Waals surface area contributed by atoms with Gasteiger partial charge in [0.1, 0.15) is 5.82 Å². The first-order chi connectivity index (χ1) is 10.3. The first-order valence-electron chi connectivity index (χ1n) is 7.73. The number of hydrogen-bond donors (Lipinski definition) is 2. The number of H-pyrrole nitrogens is 1. The highest BCUT2D eigenvalue weighted by Crippen LogP contribution is 2.36. The fourth-order valence-corrected chi connectivity index (χ4v) is 3.25. The molecule has 0 amide bonds. The maximum Gasteiger partial charge on any atom is 0.123 e. The molecular formula is C17H21FN2O. The zero-order chi connectivity index (χ0) is 14.7. The van der Waals surface area contributed by atoms with Crippen molar-refractivity contribution < 1.29 is 9.50 Å². The second-order valence-corrected chi connectivity index (χ2v) is 5.90. The molecule has 4 heteroatoms. The largest absolute Gasteiger partial charge is 0.388 e. The Morgan fingerprint density at radius 1 is 1.10 bits per heavy atom. The van der Waals surface area contributed by atoms with E-state index in [-0.39, 0.29) is 5.82 Å². The Bertz CT molecular complexity index is 571. The number of nitrogens with one attached hydrogen (secondary N) is 1. The van der Waals surface area contributed by atoms with Crippen LogP contribution in [0.15, 0.2) is 30.5 Å². The molecule has 3 nitrogen and oxygen atoms in total. The molecule has 2 aromatic rings.